The molecule has 0 saturated heterocycles. The second-order valence-corrected chi connectivity index (χ2v) is 34.3. The number of thioether (sulfide) groups is 3. The van der Waals surface area contributed by atoms with E-state index >= 15 is 0 Å². The lowest BCUT2D eigenvalue weighted by atomic mass is 9.98. The van der Waals surface area contributed by atoms with E-state index in [1.54, 1.807) is 67.3 Å². The molecule has 12 aromatic rings. The van der Waals surface area contributed by atoms with Gasteiger partial charge in [0.25, 0.3) is 16.7 Å². The van der Waals surface area contributed by atoms with Crippen molar-refractivity contribution in [1.82, 2.24) is 58.1 Å². The van der Waals surface area contributed by atoms with Crippen molar-refractivity contribution in [3.05, 3.63) is 350 Å². The Morgan fingerprint density at radius 1 is 0.406 bits per heavy atom. The minimum atomic E-state index is -5.17. The number of rotatable bonds is 39. The molecule has 1 unspecified atom stereocenters. The summed E-state index contributed by atoms with van der Waals surface area (Å²) in [6.45, 7) is -2.77. The first-order valence-electron chi connectivity index (χ1n) is 62.3. The SMILES string of the molecule is [2H]C([2H])(Sc1nc(=O)c2c(n1CC(=O)N(CCN(C([2H])([2H])C)C([2H])([2H])C)Cc1ccc(-c3ccc(C(F)(F)F)cc3)cc1)C([2H])([2H])C([2H])(C)C2([2H])[2H])c1ccc(F)cc1.[2H]C([2H])(Sc1nc(=O)c2c(n1CC(=O)N(CCN(C([2H])([2H])C)C([2H])([2H])C)Cc1ccc(-c3ccc(C(F)(F)F)cc3)cc1)CCC2)c1ccc(F)cc1.[2H]c1c([2H])c(C([2H])([2H])Sc2nc(=O)c3c(n2CC(=O)N(CCN(CC)CC)Cc2c([2H])c([2H])c(-c4c([2H])c([2H])c(C(F)(F)F)c(C)c4[2H])c([2H])c2[2H])C([2H])([2H])C([2H])([2H])C3([2H])[2H])c([2H])c([2H])c1F. The molecule has 3 heterocycles. The van der Waals surface area contributed by atoms with Crippen LogP contribution in [-0.2, 0) is 128 Å². The maximum absolute atomic E-state index is 14.7. The average Bonchev–Trinajstić information content (AvgIpc) is 1.52. The van der Waals surface area contributed by atoms with Gasteiger partial charge in [-0.2, -0.15) is 54.5 Å². The van der Waals surface area contributed by atoms with E-state index in [9.17, 15) is 81.5 Å². The molecule has 0 fully saturated rings. The zero-order valence-electron chi connectivity index (χ0n) is 114. The van der Waals surface area contributed by atoms with E-state index in [2.05, 4.69) is 15.0 Å². The molecule has 15 rings (SSSR count). The van der Waals surface area contributed by atoms with Crippen LogP contribution in [0.5, 0.6) is 0 Å². The van der Waals surface area contributed by atoms with Gasteiger partial charge in [-0.25, -0.2) is 13.2 Å². The van der Waals surface area contributed by atoms with Gasteiger partial charge in [-0.05, 0) is 242 Å². The Balaban J connectivity index is 0.000000220. The van der Waals surface area contributed by atoms with Gasteiger partial charge in [0.2, 0.25) is 17.7 Å². The fraction of sp³-hybridized carbons (Fsp3) is 0.373. The molecule has 33 heteroatoms. The van der Waals surface area contributed by atoms with Crippen molar-refractivity contribution in [3.8, 4) is 33.4 Å². The number of carbonyl (C=O) groups excluding carboxylic acids is 3. The Morgan fingerprint density at radius 2 is 0.783 bits per heavy atom. The number of fused-ring (bicyclic) bond motifs is 3. The molecular formula is C110H118F12N12O6S3. The number of carbonyl (C=O) groups is 3. The standard InChI is InChI=1S/2C37H40F4N4O2S.C36H38F4N4O2S/c1-4-43(5-2)18-19-44(22-26-6-10-28(11-7-26)29-12-14-30(15-13-29)37(39,40)41)34(46)23-45-33-21-25(3)20-32(33)35(47)42-36(45)48-24-27-8-16-31(38)17-9-27;1-4-43(5-2)19-20-44(22-26-9-13-28(14-10-26)29-15-18-32(25(3)21-29)37(39,40)41)34(46)23-45-33-8-6-7-31(33)35(47)42-36(45)48-24-27-11-16-30(38)17-12-27;1-3-42(4-2)20-21-43(22-25-8-12-27(13-9-25)28-14-16-29(17-15-28)36(38,39)40)33(45)23-44-32-7-5-6-31(32)34(46)41-35(44)47-24-26-10-18-30(37)19-11-26/h6-17,25H,4-5,18-24H2,1-3H3;9-18,21H,4-8,19-20,22-24H2,1-3H3;8-19H,3-7,20-24H2,1-2H3/i4D2,5D2,20D2,21D2,24D2,25D;6D2,7D2,8D2,9D,10D,11D,12D,13D,14D,15D,16D,17D,18D,21D,24D2;3D2,4D2,24D2. The molecule has 0 spiro atoms. The normalized spacial score (nSPS) is 20.0. The number of likely N-dealkylation sites (N-methyl/N-ethyl adjacent to an activating group) is 3. The van der Waals surface area contributed by atoms with Crippen LogP contribution in [0.15, 0.2) is 242 Å². The number of hydrogen-bond acceptors (Lipinski definition) is 15. The summed E-state index contributed by atoms with van der Waals surface area (Å²) < 4.78 is 472. The van der Waals surface area contributed by atoms with E-state index in [0.29, 0.717) is 93.3 Å². The molecule has 3 aromatic heterocycles. The van der Waals surface area contributed by atoms with Gasteiger partial charge < -0.3 is 43.1 Å². The predicted molar refractivity (Wildman–Crippen MR) is 539 cm³/mol. The second kappa shape index (κ2) is 50.1. The number of hydrogen-bond donors (Lipinski definition) is 0. The molecule has 3 aliphatic carbocycles. The monoisotopic (exact) mass is 2060 g/mol. The van der Waals surface area contributed by atoms with Gasteiger partial charge in [0, 0.05) is 144 Å². The summed E-state index contributed by atoms with van der Waals surface area (Å²) in [6.07, 6.45) is -29.1. The van der Waals surface area contributed by atoms with Crippen LogP contribution in [-0.4, -0.2) is 154 Å². The summed E-state index contributed by atoms with van der Waals surface area (Å²) in [7, 11) is 0. The molecule has 9 aromatic carbocycles. The quantitative estimate of drug-likeness (QED) is 0.0202. The molecule has 0 bridgehead atoms. The Bertz CT molecular complexity index is 8430. The molecule has 0 N–H and O–H groups in total. The summed E-state index contributed by atoms with van der Waals surface area (Å²) in [5.41, 5.74) is -18.2. The number of halogens is 12. The molecule has 3 amide bonds. The first-order chi connectivity index (χ1) is 82.1. The fourth-order valence-electron chi connectivity index (χ4n) is 15.0. The summed E-state index contributed by atoms with van der Waals surface area (Å²) >= 11 is 0.693. The fourth-order valence-corrected chi connectivity index (χ4v) is 17.1. The highest BCUT2D eigenvalue weighted by atomic mass is 32.2. The van der Waals surface area contributed by atoms with Gasteiger partial charge in [0.1, 0.15) is 37.1 Å². The third kappa shape index (κ3) is 29.5. The van der Waals surface area contributed by atoms with E-state index in [-0.39, 0.29) is 98.7 Å². The highest BCUT2D eigenvalue weighted by Gasteiger charge is 2.36. The molecule has 3 aliphatic rings. The maximum atomic E-state index is 14.7. The van der Waals surface area contributed by atoms with Gasteiger partial charge in [0.15, 0.2) is 15.5 Å². The smallest absolute Gasteiger partial charge is 0.336 e. The first kappa shape index (κ1) is 69.2. The number of aromatic nitrogens is 6. The molecule has 0 saturated carbocycles. The van der Waals surface area contributed by atoms with E-state index in [1.807, 2.05) is 0 Å². The summed E-state index contributed by atoms with van der Waals surface area (Å²) in [5, 5.41) is -1.59. The van der Waals surface area contributed by atoms with Gasteiger partial charge >= 0.3 is 18.5 Å². The van der Waals surface area contributed by atoms with Gasteiger partial charge in [0.05, 0.1) is 31.8 Å². The van der Waals surface area contributed by atoms with Crippen LogP contribution in [0.1, 0.15) is 200 Å². The minimum absolute atomic E-state index is 0.00586. The Hall–Kier alpha value is -11.9. The van der Waals surface area contributed by atoms with E-state index in [1.165, 1.54) is 64.6 Å². The van der Waals surface area contributed by atoms with Crippen LogP contribution in [0.3, 0.4) is 0 Å². The Kier molecular flexibility index (Phi) is 24.2. The second-order valence-electron chi connectivity index (χ2n) is 32.0. The predicted octanol–water partition coefficient (Wildman–Crippen LogP) is 22.2. The molecule has 0 aliphatic heterocycles. The van der Waals surface area contributed by atoms with Crippen LogP contribution < -0.4 is 16.7 Å². The number of nitrogens with zero attached hydrogens (tertiary/aromatic N) is 12. The molecule has 1 atom stereocenters. The van der Waals surface area contributed by atoms with Crippen molar-refractivity contribution in [1.29, 1.82) is 0 Å². The van der Waals surface area contributed by atoms with Gasteiger partial charge in [-0.3, -0.25) is 28.8 Å². The van der Waals surface area contributed by atoms with Crippen LogP contribution >= 0.6 is 35.3 Å². The minimum Gasteiger partial charge on any atom is -0.336 e. The lowest BCUT2D eigenvalue weighted by Crippen LogP contribution is -2.40. The first-order valence-corrected chi connectivity index (χ1v) is 46.8. The maximum Gasteiger partial charge on any atom is 0.416 e. The van der Waals surface area contributed by atoms with Crippen molar-refractivity contribution in [3.63, 3.8) is 0 Å². The van der Waals surface area contributed by atoms with Crippen LogP contribution in [0.25, 0.3) is 33.4 Å². The van der Waals surface area contributed by atoms with Crippen molar-refractivity contribution < 1.29 is 116 Å². The zero-order chi connectivity index (χ0) is 134. The molecule has 756 valence electrons. The number of benzene rings is 9. The molecule has 143 heavy (non-hydrogen) atoms. The van der Waals surface area contributed by atoms with E-state index in [0.717, 1.165) is 108 Å². The lowest BCUT2D eigenvalue weighted by molar-refractivity contribution is -0.138. The zero-order valence-corrected chi connectivity index (χ0v) is 80.4. The van der Waals surface area contributed by atoms with Crippen molar-refractivity contribution in [2.45, 2.75) is 197 Å². The number of alkyl halides is 9. The van der Waals surface area contributed by atoms with Crippen molar-refractivity contribution >= 4 is 53.0 Å². The third-order valence-corrected chi connectivity index (χ3v) is 25.1. The third-order valence-electron chi connectivity index (χ3n) is 22.6. The van der Waals surface area contributed by atoms with Gasteiger partial charge in [-0.15, -0.1) is 0 Å². The lowest BCUT2D eigenvalue weighted by Gasteiger charge is -2.28. The van der Waals surface area contributed by atoms with Gasteiger partial charge in [-0.1, -0.05) is 229 Å². The summed E-state index contributed by atoms with van der Waals surface area (Å²) in [5.74, 6) is -8.01. The molecule has 18 nitrogen and oxygen atoms in total. The molecule has 0 radical (unpaired) electrons. The summed E-state index contributed by atoms with van der Waals surface area (Å²) in [6, 6.07) is 19.2. The topological polar surface area (TPSA) is 175 Å². The average molecular weight is 2060 g/mol. The van der Waals surface area contributed by atoms with Crippen LogP contribution in [0.4, 0.5) is 52.7 Å². The van der Waals surface area contributed by atoms with Crippen LogP contribution in [0, 0.1) is 30.3 Å². The van der Waals surface area contributed by atoms with E-state index in [4.69, 9.17) is 49.3 Å². The largest absolute Gasteiger partial charge is 0.416 e. The Morgan fingerprint density at radius 3 is 1.21 bits per heavy atom. The highest BCUT2D eigenvalue weighted by molar-refractivity contribution is 7.98. The highest BCUT2D eigenvalue weighted by Crippen LogP contribution is 2.39. The summed E-state index contributed by atoms with van der Waals surface area (Å²) in [4.78, 5) is 103. The molecular weight excluding hydrogens is 1910 g/mol. The van der Waals surface area contributed by atoms with Crippen LogP contribution in [0.2, 0.25) is 0 Å². The Labute approximate surface area is 889 Å². The van der Waals surface area contributed by atoms with E-state index < -0.39 is 315 Å². The van der Waals surface area contributed by atoms with Crippen molar-refractivity contribution in [2.75, 3.05) is 78.3 Å². The van der Waals surface area contributed by atoms with Crippen molar-refractivity contribution in [2.24, 2.45) is 5.89 Å². The number of amides is 3.